The minimum absolute atomic E-state index is 0.184. The van der Waals surface area contributed by atoms with Crippen LogP contribution in [0.3, 0.4) is 0 Å². The Morgan fingerprint density at radius 3 is 2.46 bits per heavy atom. The van der Waals surface area contributed by atoms with Gasteiger partial charge in [0.25, 0.3) is 0 Å². The molecule has 0 unspecified atom stereocenters. The van der Waals surface area contributed by atoms with Gasteiger partial charge in [-0.15, -0.1) is 0 Å². The van der Waals surface area contributed by atoms with Gasteiger partial charge in [0.1, 0.15) is 11.0 Å². The fourth-order valence-electron chi connectivity index (χ4n) is 2.96. The van der Waals surface area contributed by atoms with Crippen LogP contribution in [0.15, 0.2) is 36.7 Å². The molecule has 0 fully saturated rings. The second-order valence-electron chi connectivity index (χ2n) is 6.01. The molecule has 0 saturated carbocycles. The summed E-state index contributed by atoms with van der Waals surface area (Å²) in [6.07, 6.45) is 7.09. The molecule has 6 heteroatoms. The van der Waals surface area contributed by atoms with Gasteiger partial charge in [0.2, 0.25) is 0 Å². The summed E-state index contributed by atoms with van der Waals surface area (Å²) in [4.78, 5) is 6.42. The third-order valence-corrected chi connectivity index (χ3v) is 5.13. The molecule has 2 heterocycles. The zero-order chi connectivity index (χ0) is 16.9. The summed E-state index contributed by atoms with van der Waals surface area (Å²) in [6, 6.07) is 6.76. The number of unbranched alkanes of at least 4 members (excludes halogenated alkanes) is 1. The molecule has 0 atom stereocenters. The number of benzene rings is 1. The zero-order valence-corrected chi connectivity index (χ0v) is 14.9. The van der Waals surface area contributed by atoms with Crippen LogP contribution in [0.2, 0.25) is 10.3 Å². The molecule has 2 aromatic rings. The van der Waals surface area contributed by atoms with Crippen LogP contribution in [0.5, 0.6) is 0 Å². The predicted octanol–water partition coefficient (Wildman–Crippen LogP) is 4.90. The van der Waals surface area contributed by atoms with Gasteiger partial charge in [0.05, 0.1) is 6.33 Å². The second kappa shape index (κ2) is 8.15. The lowest BCUT2D eigenvalue weighted by atomic mass is 9.99. The second-order valence-corrected chi connectivity index (χ2v) is 6.73. The molecule has 0 amide bonds. The van der Waals surface area contributed by atoms with E-state index in [0.29, 0.717) is 10.3 Å². The molecule has 0 spiro atoms. The SMILES string of the molecule is Fc1ccc(C2=CCN(CCCCn3cnc(Cl)c3Cl)CC2)cc1. The van der Waals surface area contributed by atoms with E-state index in [1.165, 1.54) is 17.7 Å². The summed E-state index contributed by atoms with van der Waals surface area (Å²) in [5.41, 5.74) is 2.44. The van der Waals surface area contributed by atoms with Crippen molar-refractivity contribution in [3.63, 3.8) is 0 Å². The Morgan fingerprint density at radius 1 is 1.08 bits per heavy atom. The van der Waals surface area contributed by atoms with Gasteiger partial charge in [0, 0.05) is 19.6 Å². The van der Waals surface area contributed by atoms with Crippen LogP contribution in [-0.2, 0) is 6.54 Å². The van der Waals surface area contributed by atoms with E-state index in [0.717, 1.165) is 51.0 Å². The molecule has 128 valence electrons. The summed E-state index contributed by atoms with van der Waals surface area (Å²) in [5, 5.41) is 0.882. The van der Waals surface area contributed by atoms with E-state index < -0.39 is 0 Å². The van der Waals surface area contributed by atoms with E-state index in [1.807, 2.05) is 16.7 Å². The van der Waals surface area contributed by atoms with Crippen molar-refractivity contribution >= 4 is 28.8 Å². The van der Waals surface area contributed by atoms with Gasteiger partial charge in [-0.3, -0.25) is 4.90 Å². The van der Waals surface area contributed by atoms with Crippen molar-refractivity contribution in [3.8, 4) is 0 Å². The molecule has 0 saturated heterocycles. The predicted molar refractivity (Wildman–Crippen MR) is 96.9 cm³/mol. The van der Waals surface area contributed by atoms with Gasteiger partial charge in [-0.2, -0.15) is 0 Å². The highest BCUT2D eigenvalue weighted by Crippen LogP contribution is 2.23. The Hall–Kier alpha value is -1.36. The van der Waals surface area contributed by atoms with Crippen molar-refractivity contribution in [1.82, 2.24) is 14.5 Å². The largest absolute Gasteiger partial charge is 0.320 e. The smallest absolute Gasteiger partial charge is 0.166 e. The highest BCUT2D eigenvalue weighted by atomic mass is 35.5. The van der Waals surface area contributed by atoms with Crippen LogP contribution in [0.25, 0.3) is 5.57 Å². The van der Waals surface area contributed by atoms with Crippen molar-refractivity contribution in [2.75, 3.05) is 19.6 Å². The van der Waals surface area contributed by atoms with E-state index in [4.69, 9.17) is 23.2 Å². The molecule has 0 aliphatic carbocycles. The fraction of sp³-hybridized carbons (Fsp3) is 0.389. The first kappa shape index (κ1) is 17.5. The first-order valence-electron chi connectivity index (χ1n) is 8.17. The summed E-state index contributed by atoms with van der Waals surface area (Å²) in [7, 11) is 0. The van der Waals surface area contributed by atoms with E-state index >= 15 is 0 Å². The monoisotopic (exact) mass is 367 g/mol. The molecular weight excluding hydrogens is 348 g/mol. The van der Waals surface area contributed by atoms with Crippen molar-refractivity contribution in [2.45, 2.75) is 25.8 Å². The van der Waals surface area contributed by atoms with Crippen molar-refractivity contribution in [2.24, 2.45) is 0 Å². The van der Waals surface area contributed by atoms with E-state index in [1.54, 1.807) is 6.33 Å². The number of halogens is 3. The number of hydrogen-bond acceptors (Lipinski definition) is 2. The van der Waals surface area contributed by atoms with Crippen LogP contribution in [0.4, 0.5) is 4.39 Å². The average Bonchev–Trinajstić information content (AvgIpc) is 2.92. The normalized spacial score (nSPS) is 15.5. The maximum Gasteiger partial charge on any atom is 0.166 e. The number of hydrogen-bond donors (Lipinski definition) is 0. The first-order valence-corrected chi connectivity index (χ1v) is 8.92. The molecule has 0 radical (unpaired) electrons. The maximum atomic E-state index is 13.0. The summed E-state index contributed by atoms with van der Waals surface area (Å²) < 4.78 is 14.9. The number of aromatic nitrogens is 2. The minimum atomic E-state index is -0.184. The van der Waals surface area contributed by atoms with Gasteiger partial charge in [0.15, 0.2) is 5.15 Å². The number of rotatable bonds is 6. The average molecular weight is 368 g/mol. The Balaban J connectivity index is 1.42. The molecule has 1 aliphatic heterocycles. The molecule has 0 N–H and O–H groups in total. The van der Waals surface area contributed by atoms with E-state index in [-0.39, 0.29) is 5.82 Å². The van der Waals surface area contributed by atoms with Gasteiger partial charge in [-0.1, -0.05) is 41.4 Å². The third kappa shape index (κ3) is 4.38. The Bertz CT molecular complexity index is 710. The van der Waals surface area contributed by atoms with Crippen molar-refractivity contribution in [3.05, 3.63) is 58.4 Å². The fourth-order valence-corrected chi connectivity index (χ4v) is 3.29. The van der Waals surface area contributed by atoms with Gasteiger partial charge in [-0.05, 0) is 49.1 Å². The van der Waals surface area contributed by atoms with Crippen molar-refractivity contribution < 1.29 is 4.39 Å². The first-order chi connectivity index (χ1) is 11.6. The van der Waals surface area contributed by atoms with E-state index in [9.17, 15) is 4.39 Å². The molecule has 24 heavy (non-hydrogen) atoms. The van der Waals surface area contributed by atoms with Crippen LogP contribution in [0.1, 0.15) is 24.8 Å². The maximum absolute atomic E-state index is 13.0. The zero-order valence-electron chi connectivity index (χ0n) is 13.4. The lowest BCUT2D eigenvalue weighted by Crippen LogP contribution is -2.29. The van der Waals surface area contributed by atoms with Crippen LogP contribution >= 0.6 is 23.2 Å². The molecular formula is C18H20Cl2FN3. The summed E-state index contributed by atoms with van der Waals surface area (Å²) in [5.74, 6) is -0.184. The summed E-state index contributed by atoms with van der Waals surface area (Å²) >= 11 is 11.9. The van der Waals surface area contributed by atoms with Crippen molar-refractivity contribution in [1.29, 1.82) is 0 Å². The number of nitrogens with zero attached hydrogens (tertiary/aromatic N) is 3. The van der Waals surface area contributed by atoms with Crippen LogP contribution < -0.4 is 0 Å². The highest BCUT2D eigenvalue weighted by Gasteiger charge is 2.13. The molecule has 3 nitrogen and oxygen atoms in total. The Kier molecular flexibility index (Phi) is 5.93. The highest BCUT2D eigenvalue weighted by molar-refractivity contribution is 6.40. The molecule has 1 aromatic heterocycles. The Labute approximate surface area is 151 Å². The van der Waals surface area contributed by atoms with Crippen LogP contribution in [0, 0.1) is 5.82 Å². The molecule has 1 aromatic carbocycles. The Morgan fingerprint density at radius 2 is 1.83 bits per heavy atom. The van der Waals surface area contributed by atoms with Gasteiger partial charge < -0.3 is 4.57 Å². The molecule has 3 rings (SSSR count). The molecule has 1 aliphatic rings. The lowest BCUT2D eigenvalue weighted by Gasteiger charge is -2.26. The minimum Gasteiger partial charge on any atom is -0.320 e. The standard InChI is InChI=1S/C18H20Cl2FN3/c19-17-18(20)24(13-22-17)10-2-1-9-23-11-7-15(8-12-23)14-3-5-16(21)6-4-14/h3-7,13H,1-2,8-12H2. The molecule has 0 bridgehead atoms. The third-order valence-electron chi connectivity index (χ3n) is 4.36. The van der Waals surface area contributed by atoms with Crippen LogP contribution in [-0.4, -0.2) is 34.1 Å². The number of aryl methyl sites for hydroxylation is 1. The topological polar surface area (TPSA) is 21.1 Å². The van der Waals surface area contributed by atoms with E-state index in [2.05, 4.69) is 16.0 Å². The van der Waals surface area contributed by atoms with Gasteiger partial charge >= 0.3 is 0 Å². The lowest BCUT2D eigenvalue weighted by molar-refractivity contribution is 0.292. The quantitative estimate of drug-likeness (QED) is 0.677. The summed E-state index contributed by atoms with van der Waals surface area (Å²) in [6.45, 7) is 3.89. The number of imidazole rings is 1. The van der Waals surface area contributed by atoms with Gasteiger partial charge in [-0.25, -0.2) is 9.37 Å².